The Hall–Kier alpha value is -1.91. The summed E-state index contributed by atoms with van der Waals surface area (Å²) in [4.78, 5) is 7.89. The first-order valence-electron chi connectivity index (χ1n) is 4.41. The molecule has 3 N–H and O–H groups in total. The molecule has 5 heteroatoms. The maximum atomic E-state index is 5.71. The zero-order chi connectivity index (χ0) is 9.97. The molecule has 2 aromatic rings. The Morgan fingerprint density at radius 2 is 2.07 bits per heavy atom. The van der Waals surface area contributed by atoms with Gasteiger partial charge in [-0.2, -0.15) is 5.10 Å². The molecule has 0 radical (unpaired) electrons. The highest BCUT2D eigenvalue weighted by Crippen LogP contribution is 2.23. The molecule has 0 saturated heterocycles. The summed E-state index contributed by atoms with van der Waals surface area (Å²) >= 11 is 0. The lowest BCUT2D eigenvalue weighted by atomic mass is 10.1. The summed E-state index contributed by atoms with van der Waals surface area (Å²) in [6.07, 6.45) is 5.81. The van der Waals surface area contributed by atoms with Gasteiger partial charge in [0.2, 0.25) is 0 Å². The molecule has 0 aliphatic rings. The zero-order valence-electron chi connectivity index (χ0n) is 7.86. The van der Waals surface area contributed by atoms with Gasteiger partial charge in [-0.25, -0.2) is 9.97 Å². The van der Waals surface area contributed by atoms with E-state index in [1.54, 1.807) is 12.4 Å². The molecule has 0 atom stereocenters. The van der Waals surface area contributed by atoms with Gasteiger partial charge < -0.3 is 5.73 Å². The van der Waals surface area contributed by atoms with Crippen LogP contribution in [0.15, 0.2) is 18.7 Å². The number of rotatable bonds is 2. The van der Waals surface area contributed by atoms with Crippen molar-refractivity contribution in [1.82, 2.24) is 20.2 Å². The highest BCUT2D eigenvalue weighted by Gasteiger charge is 2.10. The summed E-state index contributed by atoms with van der Waals surface area (Å²) in [6, 6.07) is 0. The lowest BCUT2D eigenvalue weighted by molar-refractivity contribution is 1.09. The summed E-state index contributed by atoms with van der Waals surface area (Å²) < 4.78 is 0. The number of aromatic nitrogens is 4. The topological polar surface area (TPSA) is 80.5 Å². The number of nitrogens with two attached hydrogens (primary N) is 1. The molecule has 0 fully saturated rings. The number of nitrogens with zero attached hydrogens (tertiary/aromatic N) is 3. The number of anilines is 1. The van der Waals surface area contributed by atoms with Gasteiger partial charge in [0.15, 0.2) is 0 Å². The van der Waals surface area contributed by atoms with E-state index in [0.29, 0.717) is 5.82 Å². The van der Waals surface area contributed by atoms with Gasteiger partial charge in [-0.3, -0.25) is 5.10 Å². The van der Waals surface area contributed by atoms with Gasteiger partial charge in [0.1, 0.15) is 12.1 Å². The lowest BCUT2D eigenvalue weighted by Crippen LogP contribution is -1.91. The first-order chi connectivity index (χ1) is 6.83. The maximum absolute atomic E-state index is 5.71. The highest BCUT2D eigenvalue weighted by atomic mass is 15.2. The average molecular weight is 189 g/mol. The monoisotopic (exact) mass is 189 g/mol. The minimum Gasteiger partial charge on any atom is -0.382 e. The molecule has 2 heterocycles. The molecule has 0 saturated carbocycles. The average Bonchev–Trinajstić information content (AvgIpc) is 2.61. The molecule has 0 unspecified atom stereocenters. The summed E-state index contributed by atoms with van der Waals surface area (Å²) in [6.45, 7) is 2.04. The van der Waals surface area contributed by atoms with Crippen LogP contribution >= 0.6 is 0 Å². The minimum absolute atomic E-state index is 0.548. The van der Waals surface area contributed by atoms with Gasteiger partial charge in [-0.05, 0) is 6.42 Å². The molecular formula is C9H11N5. The molecule has 5 nitrogen and oxygen atoms in total. The molecule has 0 spiro atoms. The van der Waals surface area contributed by atoms with Crippen LogP contribution in [0.5, 0.6) is 0 Å². The number of H-pyrrole nitrogens is 1. The fourth-order valence-electron chi connectivity index (χ4n) is 1.40. The first-order valence-corrected chi connectivity index (χ1v) is 4.41. The summed E-state index contributed by atoms with van der Waals surface area (Å²) in [5.74, 6) is 0.548. The van der Waals surface area contributed by atoms with Crippen LogP contribution < -0.4 is 5.73 Å². The molecule has 2 aromatic heterocycles. The van der Waals surface area contributed by atoms with E-state index in [9.17, 15) is 0 Å². The second kappa shape index (κ2) is 3.45. The zero-order valence-corrected chi connectivity index (χ0v) is 7.86. The van der Waals surface area contributed by atoms with Gasteiger partial charge in [0, 0.05) is 23.5 Å². The Bertz CT molecular complexity index is 420. The van der Waals surface area contributed by atoms with E-state index in [-0.39, 0.29) is 0 Å². The maximum Gasteiger partial charge on any atom is 0.149 e. The van der Waals surface area contributed by atoms with Gasteiger partial charge >= 0.3 is 0 Å². The SMILES string of the molecule is CCc1c(N)n[nH]c1-c1cncnc1. The van der Waals surface area contributed by atoms with Crippen LogP contribution in [0.1, 0.15) is 12.5 Å². The number of aromatic amines is 1. The van der Waals surface area contributed by atoms with E-state index in [1.807, 2.05) is 6.92 Å². The Kier molecular flexibility index (Phi) is 2.14. The standard InChI is InChI=1S/C9H11N5/c1-2-7-8(13-14-9(7)10)6-3-11-5-12-4-6/h3-5H,2H2,1H3,(H3,10,13,14). The van der Waals surface area contributed by atoms with Crippen molar-refractivity contribution in [2.45, 2.75) is 13.3 Å². The molecule has 0 aliphatic carbocycles. The van der Waals surface area contributed by atoms with Crippen molar-refractivity contribution in [2.24, 2.45) is 0 Å². The first kappa shape index (κ1) is 8.68. The summed E-state index contributed by atoms with van der Waals surface area (Å²) in [7, 11) is 0. The molecule has 72 valence electrons. The number of nitrogens with one attached hydrogen (secondary N) is 1. The largest absolute Gasteiger partial charge is 0.382 e. The Morgan fingerprint density at radius 3 is 2.71 bits per heavy atom. The molecule has 0 amide bonds. The third-order valence-electron chi connectivity index (χ3n) is 2.10. The lowest BCUT2D eigenvalue weighted by Gasteiger charge is -1.99. The Balaban J connectivity index is 2.52. The van der Waals surface area contributed by atoms with Crippen molar-refractivity contribution in [1.29, 1.82) is 0 Å². The third kappa shape index (κ3) is 1.32. The number of hydrogen-bond acceptors (Lipinski definition) is 4. The minimum atomic E-state index is 0.548. The molecule has 0 aliphatic heterocycles. The Labute approximate surface area is 81.4 Å². The van der Waals surface area contributed by atoms with Crippen molar-refractivity contribution < 1.29 is 0 Å². The van der Waals surface area contributed by atoms with Crippen LogP contribution in [0.3, 0.4) is 0 Å². The van der Waals surface area contributed by atoms with E-state index in [1.165, 1.54) is 6.33 Å². The fraction of sp³-hybridized carbons (Fsp3) is 0.222. The van der Waals surface area contributed by atoms with Crippen molar-refractivity contribution in [2.75, 3.05) is 5.73 Å². The molecule has 14 heavy (non-hydrogen) atoms. The van der Waals surface area contributed by atoms with Gasteiger partial charge in [0.25, 0.3) is 0 Å². The molecule has 2 rings (SSSR count). The van der Waals surface area contributed by atoms with E-state index < -0.39 is 0 Å². The van der Waals surface area contributed by atoms with Crippen LogP contribution in [0.4, 0.5) is 5.82 Å². The van der Waals surface area contributed by atoms with Crippen molar-refractivity contribution in [3.63, 3.8) is 0 Å². The van der Waals surface area contributed by atoms with Crippen molar-refractivity contribution in [3.8, 4) is 11.3 Å². The van der Waals surface area contributed by atoms with E-state index in [4.69, 9.17) is 5.73 Å². The van der Waals surface area contributed by atoms with Crippen molar-refractivity contribution in [3.05, 3.63) is 24.3 Å². The third-order valence-corrected chi connectivity index (χ3v) is 2.10. The second-order valence-corrected chi connectivity index (χ2v) is 2.94. The Morgan fingerprint density at radius 1 is 1.36 bits per heavy atom. The second-order valence-electron chi connectivity index (χ2n) is 2.94. The number of hydrogen-bond donors (Lipinski definition) is 2. The van der Waals surface area contributed by atoms with E-state index in [2.05, 4.69) is 20.2 Å². The fourth-order valence-corrected chi connectivity index (χ4v) is 1.40. The highest BCUT2D eigenvalue weighted by molar-refractivity contribution is 5.66. The number of nitrogen functional groups attached to an aromatic ring is 1. The van der Waals surface area contributed by atoms with E-state index >= 15 is 0 Å². The van der Waals surface area contributed by atoms with Crippen LogP contribution in [-0.4, -0.2) is 20.2 Å². The quantitative estimate of drug-likeness (QED) is 0.738. The van der Waals surface area contributed by atoms with Gasteiger partial charge in [-0.15, -0.1) is 0 Å². The van der Waals surface area contributed by atoms with Crippen molar-refractivity contribution >= 4 is 5.82 Å². The van der Waals surface area contributed by atoms with Crippen LogP contribution in [0, 0.1) is 0 Å². The van der Waals surface area contributed by atoms with Crippen LogP contribution in [0.25, 0.3) is 11.3 Å². The summed E-state index contributed by atoms with van der Waals surface area (Å²) in [5.41, 5.74) is 8.54. The normalized spacial score (nSPS) is 10.4. The predicted molar refractivity (Wildman–Crippen MR) is 53.4 cm³/mol. The van der Waals surface area contributed by atoms with Crippen LogP contribution in [-0.2, 0) is 6.42 Å². The van der Waals surface area contributed by atoms with Gasteiger partial charge in [0.05, 0.1) is 5.69 Å². The smallest absolute Gasteiger partial charge is 0.149 e. The molecule has 0 aromatic carbocycles. The predicted octanol–water partition coefficient (Wildman–Crippen LogP) is 1.01. The molecule has 0 bridgehead atoms. The van der Waals surface area contributed by atoms with Crippen LogP contribution in [0.2, 0.25) is 0 Å². The summed E-state index contributed by atoms with van der Waals surface area (Å²) in [5, 5.41) is 6.85. The molecular weight excluding hydrogens is 178 g/mol. The van der Waals surface area contributed by atoms with Gasteiger partial charge in [-0.1, -0.05) is 6.92 Å². The van der Waals surface area contributed by atoms with E-state index in [0.717, 1.165) is 23.2 Å².